The zero-order valence-corrected chi connectivity index (χ0v) is 16.0. The van der Waals surface area contributed by atoms with E-state index in [1.807, 2.05) is 0 Å². The molecule has 0 radical (unpaired) electrons. The molecule has 2 N–H and O–H groups in total. The second kappa shape index (κ2) is 8.92. The van der Waals surface area contributed by atoms with E-state index in [2.05, 4.69) is 42.5 Å². The van der Waals surface area contributed by atoms with Gasteiger partial charge in [0.25, 0.3) is 0 Å². The van der Waals surface area contributed by atoms with Crippen LogP contribution in [0.2, 0.25) is 0 Å². The fourth-order valence-corrected chi connectivity index (χ4v) is 3.72. The minimum atomic E-state index is 0.658. The van der Waals surface area contributed by atoms with Crippen LogP contribution in [0, 0.1) is 0 Å². The van der Waals surface area contributed by atoms with Crippen molar-refractivity contribution in [3.8, 4) is 17.2 Å². The summed E-state index contributed by atoms with van der Waals surface area (Å²) in [7, 11) is 4.97. The van der Waals surface area contributed by atoms with Gasteiger partial charge in [-0.25, -0.2) is 0 Å². The van der Waals surface area contributed by atoms with E-state index in [1.54, 1.807) is 31.1 Å². The van der Waals surface area contributed by atoms with Crippen molar-refractivity contribution in [3.63, 3.8) is 0 Å². The third-order valence-electron chi connectivity index (χ3n) is 5.14. The number of ether oxygens (including phenoxy) is 3. The lowest BCUT2D eigenvalue weighted by Crippen LogP contribution is -3.27. The maximum Gasteiger partial charge on any atom is 0.203 e. The van der Waals surface area contributed by atoms with Gasteiger partial charge in [0.1, 0.15) is 39.3 Å². The van der Waals surface area contributed by atoms with Crippen molar-refractivity contribution in [3.05, 3.63) is 53.6 Å². The molecule has 0 aliphatic carbocycles. The molecule has 0 unspecified atom stereocenters. The molecule has 1 aliphatic heterocycles. The summed E-state index contributed by atoms with van der Waals surface area (Å²) in [6, 6.07) is 14.9. The van der Waals surface area contributed by atoms with Crippen molar-refractivity contribution in [1.82, 2.24) is 0 Å². The first-order valence-corrected chi connectivity index (χ1v) is 9.23. The Bertz CT molecular complexity index is 673. The molecule has 1 fully saturated rings. The molecule has 140 valence electrons. The molecule has 0 atom stereocenters. The second-order valence-corrected chi connectivity index (χ2v) is 6.87. The SMILES string of the molecule is COc1cc(C[NH+]2CC[NH+](Cc3ccccc3)CC2)cc(OC)c1OC. The molecule has 2 aromatic carbocycles. The Morgan fingerprint density at radius 2 is 1.19 bits per heavy atom. The Labute approximate surface area is 156 Å². The van der Waals surface area contributed by atoms with Gasteiger partial charge in [0.05, 0.1) is 21.3 Å². The lowest BCUT2D eigenvalue weighted by atomic mass is 10.1. The molecule has 26 heavy (non-hydrogen) atoms. The highest BCUT2D eigenvalue weighted by atomic mass is 16.5. The molecule has 0 amide bonds. The van der Waals surface area contributed by atoms with Crippen LogP contribution in [0.1, 0.15) is 11.1 Å². The van der Waals surface area contributed by atoms with E-state index < -0.39 is 0 Å². The summed E-state index contributed by atoms with van der Waals surface area (Å²) in [5.41, 5.74) is 2.65. The summed E-state index contributed by atoms with van der Waals surface area (Å²) in [5, 5.41) is 0. The summed E-state index contributed by atoms with van der Waals surface area (Å²) < 4.78 is 16.4. The van der Waals surface area contributed by atoms with Gasteiger partial charge in [-0.3, -0.25) is 0 Å². The molecule has 1 heterocycles. The van der Waals surface area contributed by atoms with E-state index in [0.29, 0.717) is 5.75 Å². The van der Waals surface area contributed by atoms with Crippen LogP contribution in [-0.4, -0.2) is 47.5 Å². The number of benzene rings is 2. The molecule has 0 spiro atoms. The summed E-state index contributed by atoms with van der Waals surface area (Å²) >= 11 is 0. The Balaban J connectivity index is 1.59. The van der Waals surface area contributed by atoms with E-state index in [1.165, 1.54) is 37.3 Å². The molecular weight excluding hydrogens is 328 g/mol. The number of rotatable bonds is 7. The highest BCUT2D eigenvalue weighted by Crippen LogP contribution is 2.37. The molecule has 0 bridgehead atoms. The van der Waals surface area contributed by atoms with E-state index in [0.717, 1.165) is 24.6 Å². The fourth-order valence-electron chi connectivity index (χ4n) is 3.72. The van der Waals surface area contributed by atoms with Gasteiger partial charge in [0.15, 0.2) is 11.5 Å². The Morgan fingerprint density at radius 1 is 0.692 bits per heavy atom. The molecule has 1 saturated heterocycles. The Kier molecular flexibility index (Phi) is 6.36. The van der Waals surface area contributed by atoms with E-state index >= 15 is 0 Å². The Hall–Kier alpha value is -2.24. The third-order valence-corrected chi connectivity index (χ3v) is 5.14. The Morgan fingerprint density at radius 3 is 1.65 bits per heavy atom. The second-order valence-electron chi connectivity index (χ2n) is 6.87. The van der Waals surface area contributed by atoms with Crippen molar-refractivity contribution in [2.24, 2.45) is 0 Å². The first-order valence-electron chi connectivity index (χ1n) is 9.23. The predicted molar refractivity (Wildman–Crippen MR) is 101 cm³/mol. The zero-order chi connectivity index (χ0) is 18.4. The quantitative estimate of drug-likeness (QED) is 0.742. The minimum absolute atomic E-state index is 0.658. The third kappa shape index (κ3) is 4.48. The van der Waals surface area contributed by atoms with Gasteiger partial charge in [-0.15, -0.1) is 0 Å². The first kappa shape index (κ1) is 18.5. The number of nitrogens with one attached hydrogen (secondary N) is 2. The van der Waals surface area contributed by atoms with Crippen LogP contribution >= 0.6 is 0 Å². The van der Waals surface area contributed by atoms with Crippen molar-refractivity contribution < 1.29 is 24.0 Å². The summed E-state index contributed by atoms with van der Waals surface area (Å²) in [6.07, 6.45) is 0. The van der Waals surface area contributed by atoms with Crippen molar-refractivity contribution in [2.75, 3.05) is 47.5 Å². The smallest absolute Gasteiger partial charge is 0.203 e. The number of hydrogen-bond donors (Lipinski definition) is 2. The molecule has 5 heteroatoms. The van der Waals surface area contributed by atoms with Gasteiger partial charge >= 0.3 is 0 Å². The normalized spacial score (nSPS) is 19.8. The van der Waals surface area contributed by atoms with Crippen LogP contribution in [0.25, 0.3) is 0 Å². The van der Waals surface area contributed by atoms with Gasteiger partial charge in [-0.2, -0.15) is 0 Å². The van der Waals surface area contributed by atoms with Crippen LogP contribution < -0.4 is 24.0 Å². The maximum absolute atomic E-state index is 5.47. The van der Waals surface area contributed by atoms with Crippen LogP contribution in [0.5, 0.6) is 17.2 Å². The first-order chi connectivity index (χ1) is 12.7. The molecule has 3 rings (SSSR count). The number of methoxy groups -OCH3 is 3. The molecule has 2 aromatic rings. The summed E-state index contributed by atoms with van der Waals surface area (Å²) in [6.45, 7) is 6.87. The maximum atomic E-state index is 5.47. The lowest BCUT2D eigenvalue weighted by Gasteiger charge is -2.30. The van der Waals surface area contributed by atoms with Crippen molar-refractivity contribution in [1.29, 1.82) is 0 Å². The summed E-state index contributed by atoms with van der Waals surface area (Å²) in [4.78, 5) is 3.28. The van der Waals surface area contributed by atoms with E-state index in [9.17, 15) is 0 Å². The molecule has 0 saturated carbocycles. The average Bonchev–Trinajstić information content (AvgIpc) is 2.69. The highest BCUT2D eigenvalue weighted by Gasteiger charge is 2.24. The minimum Gasteiger partial charge on any atom is -0.493 e. The van der Waals surface area contributed by atoms with Gasteiger partial charge < -0.3 is 24.0 Å². The number of piperazine rings is 1. The van der Waals surface area contributed by atoms with Crippen molar-refractivity contribution >= 4 is 0 Å². The van der Waals surface area contributed by atoms with Crippen molar-refractivity contribution in [2.45, 2.75) is 13.1 Å². The number of quaternary nitrogens is 2. The lowest BCUT2D eigenvalue weighted by molar-refractivity contribution is -1.02. The monoisotopic (exact) mass is 358 g/mol. The molecule has 0 aromatic heterocycles. The van der Waals surface area contributed by atoms with Gasteiger partial charge in [-0.1, -0.05) is 30.3 Å². The standard InChI is InChI=1S/C21H28N2O3/c1-24-19-13-18(14-20(25-2)21(19)26-3)16-23-11-9-22(10-12-23)15-17-7-5-4-6-8-17/h4-8,13-14H,9-12,15-16H2,1-3H3/p+2. The van der Waals surface area contributed by atoms with Crippen LogP contribution in [-0.2, 0) is 13.1 Å². The van der Waals surface area contributed by atoms with Gasteiger partial charge in [-0.05, 0) is 12.1 Å². The molecular formula is C21H30N2O3+2. The van der Waals surface area contributed by atoms with Crippen LogP contribution in [0.4, 0.5) is 0 Å². The summed E-state index contributed by atoms with van der Waals surface area (Å²) in [5.74, 6) is 2.12. The number of hydrogen-bond acceptors (Lipinski definition) is 3. The highest BCUT2D eigenvalue weighted by molar-refractivity contribution is 5.53. The fraction of sp³-hybridized carbons (Fsp3) is 0.429. The molecule has 5 nitrogen and oxygen atoms in total. The van der Waals surface area contributed by atoms with Crippen LogP contribution in [0.3, 0.4) is 0 Å². The van der Waals surface area contributed by atoms with E-state index in [-0.39, 0.29) is 0 Å². The average molecular weight is 358 g/mol. The molecule has 1 aliphatic rings. The predicted octanol–water partition coefficient (Wildman–Crippen LogP) is 0.196. The largest absolute Gasteiger partial charge is 0.493 e. The van der Waals surface area contributed by atoms with Gasteiger partial charge in [0.2, 0.25) is 5.75 Å². The van der Waals surface area contributed by atoms with Crippen LogP contribution in [0.15, 0.2) is 42.5 Å². The van der Waals surface area contributed by atoms with Gasteiger partial charge in [0, 0.05) is 11.1 Å². The van der Waals surface area contributed by atoms with E-state index in [4.69, 9.17) is 14.2 Å². The topological polar surface area (TPSA) is 36.6 Å². The zero-order valence-electron chi connectivity index (χ0n) is 16.0.